The van der Waals surface area contributed by atoms with Crippen LogP contribution in [-0.2, 0) is 6.18 Å². The average Bonchev–Trinajstić information content (AvgIpc) is 2.65. The van der Waals surface area contributed by atoms with Gasteiger partial charge in [0.2, 0.25) is 0 Å². The second-order valence-electron chi connectivity index (χ2n) is 3.02. The number of alkyl halides is 3. The summed E-state index contributed by atoms with van der Waals surface area (Å²) in [5.74, 6) is -0.582. The molecule has 0 fully saturated rings. The fourth-order valence-electron chi connectivity index (χ4n) is 1.14. The molecule has 0 aliphatic heterocycles. The highest BCUT2D eigenvalue weighted by molar-refractivity contribution is 5.54. The lowest BCUT2D eigenvalue weighted by Crippen LogP contribution is -2.04. The Morgan fingerprint density at radius 3 is 2.44 bits per heavy atom. The maximum atomic E-state index is 12.8. The molecule has 2 aromatic rings. The number of hydrogen-bond donors (Lipinski definition) is 1. The highest BCUT2D eigenvalue weighted by Crippen LogP contribution is 2.29. The first-order chi connectivity index (χ1) is 7.47. The molecule has 7 heteroatoms. The predicted octanol–water partition coefficient (Wildman–Crippen LogP) is 2.63. The number of halogens is 4. The number of nitrogens with one attached hydrogen (secondary N) is 1. The van der Waals surface area contributed by atoms with Crippen molar-refractivity contribution in [3.8, 4) is 11.4 Å². The Kier molecular flexibility index (Phi) is 2.37. The molecular formula is C9H5F4N3. The van der Waals surface area contributed by atoms with Crippen LogP contribution in [0.4, 0.5) is 17.6 Å². The van der Waals surface area contributed by atoms with Gasteiger partial charge in [0.05, 0.1) is 5.69 Å². The Hall–Kier alpha value is -1.92. The zero-order valence-corrected chi connectivity index (χ0v) is 7.72. The van der Waals surface area contributed by atoms with Crippen molar-refractivity contribution in [1.29, 1.82) is 0 Å². The normalized spacial score (nSPS) is 11.8. The molecule has 0 aliphatic rings. The van der Waals surface area contributed by atoms with Gasteiger partial charge in [-0.25, -0.2) is 4.39 Å². The molecule has 1 N–H and O–H groups in total. The molecule has 0 bridgehead atoms. The average molecular weight is 231 g/mol. The van der Waals surface area contributed by atoms with Gasteiger partial charge in [0, 0.05) is 12.3 Å². The monoisotopic (exact) mass is 231 g/mol. The number of rotatable bonds is 1. The van der Waals surface area contributed by atoms with Gasteiger partial charge in [0.1, 0.15) is 17.2 Å². The van der Waals surface area contributed by atoms with Crippen LogP contribution < -0.4 is 0 Å². The number of nitrogens with zero attached hydrogens (tertiary/aromatic N) is 2. The minimum atomic E-state index is -4.50. The van der Waals surface area contributed by atoms with E-state index in [-0.39, 0.29) is 11.4 Å². The van der Waals surface area contributed by atoms with Crippen molar-refractivity contribution in [3.05, 3.63) is 35.9 Å². The molecule has 0 radical (unpaired) electrons. The number of aromatic amines is 1. The van der Waals surface area contributed by atoms with Crippen molar-refractivity contribution in [2.45, 2.75) is 6.18 Å². The molecule has 0 saturated heterocycles. The SMILES string of the molecule is Fc1ccnc(-c2cc(C(F)(F)F)[nH]n2)c1. The Balaban J connectivity index is 2.39. The van der Waals surface area contributed by atoms with Crippen LogP contribution >= 0.6 is 0 Å². The zero-order valence-electron chi connectivity index (χ0n) is 7.72. The second kappa shape index (κ2) is 3.58. The molecule has 3 nitrogen and oxygen atoms in total. The lowest BCUT2D eigenvalue weighted by Gasteiger charge is -1.99. The third-order valence-corrected chi connectivity index (χ3v) is 1.87. The Labute approximate surface area is 87.1 Å². The first-order valence-corrected chi connectivity index (χ1v) is 4.21. The Bertz CT molecular complexity index is 503. The summed E-state index contributed by atoms with van der Waals surface area (Å²) in [5.41, 5.74) is -0.993. The summed E-state index contributed by atoms with van der Waals surface area (Å²) in [6.45, 7) is 0. The molecule has 2 heterocycles. The quantitative estimate of drug-likeness (QED) is 0.766. The number of pyridine rings is 1. The van der Waals surface area contributed by atoms with Crippen LogP contribution in [-0.4, -0.2) is 15.2 Å². The summed E-state index contributed by atoms with van der Waals surface area (Å²) in [5, 5.41) is 5.25. The van der Waals surface area contributed by atoms with Crippen molar-refractivity contribution in [1.82, 2.24) is 15.2 Å². The topological polar surface area (TPSA) is 41.6 Å². The first kappa shape index (κ1) is 10.6. The molecule has 2 rings (SSSR count). The molecule has 0 aliphatic carbocycles. The molecule has 0 unspecified atom stereocenters. The second-order valence-corrected chi connectivity index (χ2v) is 3.02. The van der Waals surface area contributed by atoms with E-state index in [9.17, 15) is 17.6 Å². The van der Waals surface area contributed by atoms with E-state index < -0.39 is 17.7 Å². The van der Waals surface area contributed by atoms with Gasteiger partial charge in [-0.1, -0.05) is 0 Å². The van der Waals surface area contributed by atoms with Crippen molar-refractivity contribution in [2.75, 3.05) is 0 Å². The van der Waals surface area contributed by atoms with Gasteiger partial charge < -0.3 is 0 Å². The Morgan fingerprint density at radius 2 is 1.88 bits per heavy atom. The van der Waals surface area contributed by atoms with Crippen LogP contribution in [0.5, 0.6) is 0 Å². The number of hydrogen-bond acceptors (Lipinski definition) is 2. The third-order valence-electron chi connectivity index (χ3n) is 1.87. The predicted molar refractivity (Wildman–Crippen MR) is 46.8 cm³/mol. The molecule has 0 amide bonds. The fraction of sp³-hybridized carbons (Fsp3) is 0.111. The summed E-state index contributed by atoms with van der Waals surface area (Å²) in [7, 11) is 0. The van der Waals surface area contributed by atoms with Crippen molar-refractivity contribution in [3.63, 3.8) is 0 Å². The minimum Gasteiger partial charge on any atom is -0.273 e. The van der Waals surface area contributed by atoms with E-state index >= 15 is 0 Å². The largest absolute Gasteiger partial charge is 0.432 e. The van der Waals surface area contributed by atoms with Gasteiger partial charge in [-0.2, -0.15) is 18.3 Å². The molecule has 0 atom stereocenters. The summed E-state index contributed by atoms with van der Waals surface area (Å²) >= 11 is 0. The van der Waals surface area contributed by atoms with Crippen LogP contribution in [0.1, 0.15) is 5.69 Å². The summed E-state index contributed by atoms with van der Waals surface area (Å²) in [6.07, 6.45) is -3.34. The summed E-state index contributed by atoms with van der Waals surface area (Å²) < 4.78 is 49.5. The summed E-state index contributed by atoms with van der Waals surface area (Å²) in [4.78, 5) is 3.72. The first-order valence-electron chi connectivity index (χ1n) is 4.21. The molecule has 0 aromatic carbocycles. The maximum absolute atomic E-state index is 12.8. The Morgan fingerprint density at radius 1 is 1.12 bits per heavy atom. The van der Waals surface area contributed by atoms with Gasteiger partial charge >= 0.3 is 6.18 Å². The summed E-state index contributed by atoms with van der Waals surface area (Å²) in [6, 6.07) is 2.89. The van der Waals surface area contributed by atoms with E-state index in [1.807, 2.05) is 5.10 Å². The van der Waals surface area contributed by atoms with E-state index in [1.54, 1.807) is 0 Å². The standard InChI is InChI=1S/C9H5F4N3/c10-5-1-2-14-6(3-5)7-4-8(16-15-7)9(11,12)13/h1-4H,(H,15,16). The van der Waals surface area contributed by atoms with Crippen molar-refractivity contribution in [2.24, 2.45) is 0 Å². The molecule has 0 spiro atoms. The van der Waals surface area contributed by atoms with Gasteiger partial charge in [0.15, 0.2) is 0 Å². The van der Waals surface area contributed by atoms with Crippen LogP contribution in [0.3, 0.4) is 0 Å². The highest BCUT2D eigenvalue weighted by atomic mass is 19.4. The lowest BCUT2D eigenvalue weighted by atomic mass is 10.2. The fourth-order valence-corrected chi connectivity index (χ4v) is 1.14. The van der Waals surface area contributed by atoms with Gasteiger partial charge in [0.25, 0.3) is 0 Å². The van der Waals surface area contributed by atoms with Gasteiger partial charge in [-0.05, 0) is 12.1 Å². The third kappa shape index (κ3) is 2.02. The number of aromatic nitrogens is 3. The van der Waals surface area contributed by atoms with E-state index in [0.717, 1.165) is 24.4 Å². The molecule has 0 saturated carbocycles. The van der Waals surface area contributed by atoms with E-state index in [1.165, 1.54) is 0 Å². The molecule has 16 heavy (non-hydrogen) atoms. The molecule has 84 valence electrons. The van der Waals surface area contributed by atoms with Crippen molar-refractivity contribution < 1.29 is 17.6 Å². The lowest BCUT2D eigenvalue weighted by molar-refractivity contribution is -0.141. The van der Waals surface area contributed by atoms with Crippen LogP contribution in [0.2, 0.25) is 0 Å². The number of H-pyrrole nitrogens is 1. The highest BCUT2D eigenvalue weighted by Gasteiger charge is 2.33. The van der Waals surface area contributed by atoms with Gasteiger partial charge in [-0.15, -0.1) is 0 Å². The maximum Gasteiger partial charge on any atom is 0.432 e. The van der Waals surface area contributed by atoms with Gasteiger partial charge in [-0.3, -0.25) is 10.1 Å². The van der Waals surface area contributed by atoms with Crippen LogP contribution in [0.15, 0.2) is 24.4 Å². The van der Waals surface area contributed by atoms with E-state index in [4.69, 9.17) is 0 Å². The minimum absolute atomic E-state index is 0.0479. The molecule has 2 aromatic heterocycles. The molecular weight excluding hydrogens is 226 g/mol. The smallest absolute Gasteiger partial charge is 0.273 e. The van der Waals surface area contributed by atoms with Crippen LogP contribution in [0, 0.1) is 5.82 Å². The van der Waals surface area contributed by atoms with E-state index in [2.05, 4.69) is 10.1 Å². The zero-order chi connectivity index (χ0) is 11.8. The van der Waals surface area contributed by atoms with Crippen LogP contribution in [0.25, 0.3) is 11.4 Å². The van der Waals surface area contributed by atoms with Crippen molar-refractivity contribution >= 4 is 0 Å². The van der Waals surface area contributed by atoms with E-state index in [0.29, 0.717) is 0 Å².